The lowest BCUT2D eigenvalue weighted by Gasteiger charge is -2.48. The maximum Gasteiger partial charge on any atom is 0.0331 e. The van der Waals surface area contributed by atoms with Gasteiger partial charge in [0.25, 0.3) is 0 Å². The van der Waals surface area contributed by atoms with Gasteiger partial charge in [-0.25, -0.2) is 0 Å². The van der Waals surface area contributed by atoms with E-state index < -0.39 is 0 Å². The molecule has 1 saturated heterocycles. The van der Waals surface area contributed by atoms with Gasteiger partial charge in [-0.2, -0.15) is 0 Å². The lowest BCUT2D eigenvalue weighted by Crippen LogP contribution is -2.57. The number of hydrogen-bond acceptors (Lipinski definition) is 2. The predicted octanol–water partition coefficient (Wildman–Crippen LogP) is 2.15. The Balaban J connectivity index is 2.45. The Morgan fingerprint density at radius 3 is 2.42 bits per heavy atom. The molecule has 2 nitrogen and oxygen atoms in total. The van der Waals surface area contributed by atoms with E-state index in [4.69, 9.17) is 5.41 Å². The zero-order valence-electron chi connectivity index (χ0n) is 8.48. The number of rotatable bonds is 4. The monoisotopic (exact) mass is 168 g/mol. The molecule has 0 aliphatic carbocycles. The fraction of sp³-hybridized carbons (Fsp3) is 0.900. The Labute approximate surface area is 75.5 Å². The van der Waals surface area contributed by atoms with E-state index in [1.807, 2.05) is 6.92 Å². The van der Waals surface area contributed by atoms with E-state index in [0.717, 1.165) is 18.8 Å². The molecule has 1 fully saturated rings. The third-order valence-electron chi connectivity index (χ3n) is 2.95. The van der Waals surface area contributed by atoms with Crippen LogP contribution in [0.1, 0.15) is 33.1 Å². The zero-order chi connectivity index (χ0) is 9.19. The van der Waals surface area contributed by atoms with E-state index >= 15 is 0 Å². The SMILES string of the molecule is CCCCC1(C(C)=N)CN(C)C1. The maximum atomic E-state index is 7.74. The van der Waals surface area contributed by atoms with Crippen LogP contribution in [0.5, 0.6) is 0 Å². The molecule has 0 aromatic rings. The zero-order valence-corrected chi connectivity index (χ0v) is 8.48. The molecule has 12 heavy (non-hydrogen) atoms. The molecular formula is C10H20N2. The first kappa shape index (κ1) is 9.72. The van der Waals surface area contributed by atoms with Gasteiger partial charge in [0.05, 0.1) is 0 Å². The molecule has 0 unspecified atom stereocenters. The molecule has 1 aliphatic rings. The molecule has 0 aromatic heterocycles. The molecule has 0 atom stereocenters. The highest BCUT2D eigenvalue weighted by Crippen LogP contribution is 2.35. The number of hydrogen-bond donors (Lipinski definition) is 1. The van der Waals surface area contributed by atoms with Crippen LogP contribution in [0.25, 0.3) is 0 Å². The van der Waals surface area contributed by atoms with E-state index in [1.165, 1.54) is 19.3 Å². The van der Waals surface area contributed by atoms with Crippen molar-refractivity contribution < 1.29 is 0 Å². The van der Waals surface area contributed by atoms with Crippen molar-refractivity contribution in [3.8, 4) is 0 Å². The Morgan fingerprint density at radius 1 is 1.50 bits per heavy atom. The molecule has 0 amide bonds. The number of nitrogens with one attached hydrogen (secondary N) is 1. The predicted molar refractivity (Wildman–Crippen MR) is 52.9 cm³/mol. The minimum atomic E-state index is 0.255. The molecule has 1 aliphatic heterocycles. The van der Waals surface area contributed by atoms with Crippen molar-refractivity contribution in [2.75, 3.05) is 20.1 Å². The van der Waals surface area contributed by atoms with Crippen molar-refractivity contribution in [1.82, 2.24) is 4.90 Å². The average molecular weight is 168 g/mol. The summed E-state index contributed by atoms with van der Waals surface area (Å²) in [4.78, 5) is 2.30. The van der Waals surface area contributed by atoms with Crippen molar-refractivity contribution in [2.24, 2.45) is 5.41 Å². The molecule has 0 radical (unpaired) electrons. The van der Waals surface area contributed by atoms with Gasteiger partial charge in [0.2, 0.25) is 0 Å². The molecule has 1 N–H and O–H groups in total. The first-order valence-electron chi connectivity index (χ1n) is 4.85. The maximum absolute atomic E-state index is 7.74. The van der Waals surface area contributed by atoms with Crippen molar-refractivity contribution in [1.29, 1.82) is 5.41 Å². The fourth-order valence-corrected chi connectivity index (χ4v) is 2.08. The van der Waals surface area contributed by atoms with Gasteiger partial charge < -0.3 is 10.3 Å². The first-order valence-corrected chi connectivity index (χ1v) is 4.85. The Morgan fingerprint density at radius 2 is 2.08 bits per heavy atom. The van der Waals surface area contributed by atoms with Crippen molar-refractivity contribution >= 4 is 5.71 Å². The Hall–Kier alpha value is -0.370. The van der Waals surface area contributed by atoms with Crippen LogP contribution in [-0.2, 0) is 0 Å². The second kappa shape index (κ2) is 3.56. The second-order valence-electron chi connectivity index (χ2n) is 4.18. The smallest absolute Gasteiger partial charge is 0.0331 e. The van der Waals surface area contributed by atoms with Gasteiger partial charge in [-0.1, -0.05) is 19.8 Å². The highest BCUT2D eigenvalue weighted by Gasteiger charge is 2.41. The third-order valence-corrected chi connectivity index (χ3v) is 2.95. The van der Waals surface area contributed by atoms with E-state index in [-0.39, 0.29) is 5.41 Å². The summed E-state index contributed by atoms with van der Waals surface area (Å²) in [5.74, 6) is 0. The van der Waals surface area contributed by atoms with Crippen LogP contribution in [0.2, 0.25) is 0 Å². The number of likely N-dealkylation sites (tertiary alicyclic amines) is 1. The van der Waals surface area contributed by atoms with Crippen molar-refractivity contribution in [2.45, 2.75) is 33.1 Å². The molecule has 70 valence electrons. The molecular weight excluding hydrogens is 148 g/mol. The molecule has 0 bridgehead atoms. The summed E-state index contributed by atoms with van der Waals surface area (Å²) in [6.07, 6.45) is 3.73. The average Bonchev–Trinajstić information content (AvgIpc) is 1.95. The van der Waals surface area contributed by atoms with Crippen LogP contribution in [0, 0.1) is 10.8 Å². The molecule has 2 heteroatoms. The highest BCUT2D eigenvalue weighted by molar-refractivity contribution is 5.86. The van der Waals surface area contributed by atoms with E-state index in [0.29, 0.717) is 0 Å². The van der Waals surface area contributed by atoms with Crippen LogP contribution in [0.3, 0.4) is 0 Å². The van der Waals surface area contributed by atoms with Gasteiger partial charge in [-0.15, -0.1) is 0 Å². The van der Waals surface area contributed by atoms with Crippen LogP contribution >= 0.6 is 0 Å². The van der Waals surface area contributed by atoms with Gasteiger partial charge in [0, 0.05) is 24.2 Å². The second-order valence-corrected chi connectivity index (χ2v) is 4.18. The Bertz CT molecular complexity index is 169. The van der Waals surface area contributed by atoms with E-state index in [2.05, 4.69) is 18.9 Å². The summed E-state index contributed by atoms with van der Waals surface area (Å²) in [5, 5.41) is 7.74. The van der Waals surface area contributed by atoms with Crippen LogP contribution in [-0.4, -0.2) is 30.7 Å². The van der Waals surface area contributed by atoms with E-state index in [1.54, 1.807) is 0 Å². The van der Waals surface area contributed by atoms with Crippen molar-refractivity contribution in [3.05, 3.63) is 0 Å². The first-order chi connectivity index (χ1) is 5.60. The van der Waals surface area contributed by atoms with Crippen molar-refractivity contribution in [3.63, 3.8) is 0 Å². The fourth-order valence-electron chi connectivity index (χ4n) is 2.08. The van der Waals surface area contributed by atoms with Gasteiger partial charge in [-0.3, -0.25) is 0 Å². The summed E-state index contributed by atoms with van der Waals surface area (Å²) in [6.45, 7) is 6.38. The molecule has 0 aromatic carbocycles. The molecule has 0 saturated carbocycles. The largest absolute Gasteiger partial charge is 0.309 e. The van der Waals surface area contributed by atoms with Gasteiger partial charge in [0.15, 0.2) is 0 Å². The lowest BCUT2D eigenvalue weighted by molar-refractivity contribution is 0.0727. The summed E-state index contributed by atoms with van der Waals surface area (Å²) in [7, 11) is 2.13. The standard InChI is InChI=1S/C10H20N2/c1-4-5-6-10(9(2)11)7-12(3)8-10/h11H,4-8H2,1-3H3. The highest BCUT2D eigenvalue weighted by atomic mass is 15.2. The normalized spacial score (nSPS) is 21.9. The quantitative estimate of drug-likeness (QED) is 0.640. The lowest BCUT2D eigenvalue weighted by atomic mass is 9.72. The molecule has 0 spiro atoms. The number of nitrogens with zero attached hydrogens (tertiary/aromatic N) is 1. The summed E-state index contributed by atoms with van der Waals surface area (Å²) in [5.41, 5.74) is 1.14. The van der Waals surface area contributed by atoms with Crippen LogP contribution in [0.15, 0.2) is 0 Å². The van der Waals surface area contributed by atoms with Gasteiger partial charge in [0.1, 0.15) is 0 Å². The topological polar surface area (TPSA) is 27.1 Å². The minimum Gasteiger partial charge on any atom is -0.309 e. The molecule has 1 heterocycles. The van der Waals surface area contributed by atoms with Gasteiger partial charge in [-0.05, 0) is 20.4 Å². The third kappa shape index (κ3) is 1.69. The van der Waals surface area contributed by atoms with Crippen LogP contribution < -0.4 is 0 Å². The van der Waals surface area contributed by atoms with Crippen LogP contribution in [0.4, 0.5) is 0 Å². The Kier molecular flexibility index (Phi) is 2.89. The summed E-state index contributed by atoms with van der Waals surface area (Å²) in [6, 6.07) is 0. The minimum absolute atomic E-state index is 0.255. The summed E-state index contributed by atoms with van der Waals surface area (Å²) < 4.78 is 0. The number of unbranched alkanes of at least 4 members (excludes halogenated alkanes) is 1. The van der Waals surface area contributed by atoms with E-state index in [9.17, 15) is 0 Å². The van der Waals surface area contributed by atoms with Gasteiger partial charge >= 0.3 is 0 Å². The summed E-state index contributed by atoms with van der Waals surface area (Å²) >= 11 is 0. The molecule has 1 rings (SSSR count).